The Bertz CT molecular complexity index is 333. The lowest BCUT2D eigenvalue weighted by Crippen LogP contribution is -2.31. The number of aromatic nitrogens is 1. The number of carbonyl (C=O) groups is 1. The first kappa shape index (κ1) is 12.2. The number of thiazole rings is 1. The maximum atomic E-state index is 11.2. The van der Waals surface area contributed by atoms with E-state index in [9.17, 15) is 4.79 Å². The normalized spacial score (nSPS) is 10.7. The standard InChI is InChI=1S/C11H18N2OS/c1-5-6-13(8(2)3)11-12-7-10(15-11)9(4)14/h7-8H,5-6H2,1-4H3. The number of rotatable bonds is 5. The zero-order chi connectivity index (χ0) is 11.4. The Morgan fingerprint density at radius 3 is 2.67 bits per heavy atom. The zero-order valence-corrected chi connectivity index (χ0v) is 10.6. The second-order valence-electron chi connectivity index (χ2n) is 3.85. The van der Waals surface area contributed by atoms with Gasteiger partial charge < -0.3 is 4.90 Å². The lowest BCUT2D eigenvalue weighted by Gasteiger charge is -2.25. The molecule has 0 bridgehead atoms. The first-order valence-electron chi connectivity index (χ1n) is 5.29. The minimum atomic E-state index is 0.0963. The Labute approximate surface area is 95.1 Å². The van der Waals surface area contributed by atoms with Crippen molar-refractivity contribution in [2.24, 2.45) is 0 Å². The fraction of sp³-hybridized carbons (Fsp3) is 0.636. The van der Waals surface area contributed by atoms with Crippen LogP contribution in [0.15, 0.2) is 6.20 Å². The highest BCUT2D eigenvalue weighted by Gasteiger charge is 2.14. The molecule has 0 fully saturated rings. The van der Waals surface area contributed by atoms with Gasteiger partial charge in [0.1, 0.15) is 0 Å². The molecule has 3 nitrogen and oxygen atoms in total. The molecule has 1 aromatic rings. The molecule has 84 valence electrons. The number of anilines is 1. The van der Waals surface area contributed by atoms with Crippen molar-refractivity contribution in [3.05, 3.63) is 11.1 Å². The Kier molecular flexibility index (Phi) is 4.27. The van der Waals surface area contributed by atoms with Crippen LogP contribution in [0.25, 0.3) is 0 Å². The minimum absolute atomic E-state index is 0.0963. The summed E-state index contributed by atoms with van der Waals surface area (Å²) in [5.41, 5.74) is 0. The molecule has 1 rings (SSSR count). The SMILES string of the molecule is CCCN(c1ncc(C(C)=O)s1)C(C)C. The van der Waals surface area contributed by atoms with Gasteiger partial charge >= 0.3 is 0 Å². The van der Waals surface area contributed by atoms with Crippen LogP contribution in [0, 0.1) is 0 Å². The van der Waals surface area contributed by atoms with Gasteiger partial charge in [-0.05, 0) is 20.3 Å². The van der Waals surface area contributed by atoms with Crippen molar-refractivity contribution in [3.63, 3.8) is 0 Å². The molecule has 0 radical (unpaired) electrons. The molecular formula is C11H18N2OS. The van der Waals surface area contributed by atoms with Crippen LogP contribution in [-0.2, 0) is 0 Å². The van der Waals surface area contributed by atoms with E-state index < -0.39 is 0 Å². The van der Waals surface area contributed by atoms with Gasteiger partial charge in [-0.2, -0.15) is 0 Å². The van der Waals surface area contributed by atoms with Crippen LogP contribution in [0.5, 0.6) is 0 Å². The minimum Gasteiger partial charge on any atom is -0.346 e. The number of carbonyl (C=O) groups excluding carboxylic acids is 1. The fourth-order valence-electron chi connectivity index (χ4n) is 1.38. The number of hydrogen-bond donors (Lipinski definition) is 0. The van der Waals surface area contributed by atoms with E-state index in [1.54, 1.807) is 13.1 Å². The molecule has 4 heteroatoms. The van der Waals surface area contributed by atoms with Crippen LogP contribution >= 0.6 is 11.3 Å². The molecule has 0 unspecified atom stereocenters. The summed E-state index contributed by atoms with van der Waals surface area (Å²) in [6.45, 7) is 9.00. The summed E-state index contributed by atoms with van der Waals surface area (Å²) in [7, 11) is 0. The highest BCUT2D eigenvalue weighted by atomic mass is 32.1. The zero-order valence-electron chi connectivity index (χ0n) is 9.78. The Balaban J connectivity index is 2.86. The van der Waals surface area contributed by atoms with Crippen LogP contribution < -0.4 is 4.90 Å². The van der Waals surface area contributed by atoms with Crippen molar-refractivity contribution in [1.82, 2.24) is 4.98 Å². The lowest BCUT2D eigenvalue weighted by molar-refractivity contribution is 0.102. The van der Waals surface area contributed by atoms with E-state index in [1.807, 2.05) is 0 Å². The van der Waals surface area contributed by atoms with E-state index in [1.165, 1.54) is 11.3 Å². The van der Waals surface area contributed by atoms with E-state index in [4.69, 9.17) is 0 Å². The van der Waals surface area contributed by atoms with Crippen molar-refractivity contribution < 1.29 is 4.79 Å². The quantitative estimate of drug-likeness (QED) is 0.724. The number of ketones is 1. The van der Waals surface area contributed by atoms with Crippen LogP contribution in [0.4, 0.5) is 5.13 Å². The van der Waals surface area contributed by atoms with Gasteiger partial charge in [-0.25, -0.2) is 4.98 Å². The second-order valence-corrected chi connectivity index (χ2v) is 4.86. The molecule has 0 saturated carbocycles. The van der Waals surface area contributed by atoms with Gasteiger partial charge in [0.25, 0.3) is 0 Å². The average Bonchev–Trinajstić information content (AvgIpc) is 2.62. The van der Waals surface area contributed by atoms with E-state index in [-0.39, 0.29) is 5.78 Å². The molecule has 15 heavy (non-hydrogen) atoms. The summed E-state index contributed by atoms with van der Waals surface area (Å²) in [5, 5.41) is 0.956. The van der Waals surface area contributed by atoms with Gasteiger partial charge in [-0.1, -0.05) is 18.3 Å². The number of Topliss-reactive ketones (excluding diaryl/α,β-unsaturated/α-hetero) is 1. The highest BCUT2D eigenvalue weighted by Crippen LogP contribution is 2.24. The van der Waals surface area contributed by atoms with E-state index in [2.05, 4.69) is 30.7 Å². The molecule has 0 aliphatic carbocycles. The van der Waals surface area contributed by atoms with E-state index >= 15 is 0 Å². The second kappa shape index (κ2) is 5.26. The Morgan fingerprint density at radius 2 is 2.27 bits per heavy atom. The van der Waals surface area contributed by atoms with Crippen molar-refractivity contribution in [3.8, 4) is 0 Å². The van der Waals surface area contributed by atoms with Gasteiger partial charge in [0.2, 0.25) is 0 Å². The molecule has 0 spiro atoms. The summed E-state index contributed by atoms with van der Waals surface area (Å²) in [5.74, 6) is 0.0963. The largest absolute Gasteiger partial charge is 0.346 e. The third kappa shape index (κ3) is 3.02. The molecule has 0 atom stereocenters. The van der Waals surface area contributed by atoms with Crippen LogP contribution in [0.3, 0.4) is 0 Å². The Morgan fingerprint density at radius 1 is 1.60 bits per heavy atom. The highest BCUT2D eigenvalue weighted by molar-refractivity contribution is 7.17. The van der Waals surface area contributed by atoms with Gasteiger partial charge in [-0.3, -0.25) is 4.79 Å². The maximum Gasteiger partial charge on any atom is 0.186 e. The summed E-state index contributed by atoms with van der Waals surface area (Å²) < 4.78 is 0. The number of nitrogens with zero attached hydrogens (tertiary/aromatic N) is 2. The van der Waals surface area contributed by atoms with Crippen LogP contribution in [0.2, 0.25) is 0 Å². The monoisotopic (exact) mass is 226 g/mol. The van der Waals surface area contributed by atoms with Crippen molar-refractivity contribution in [2.45, 2.75) is 40.2 Å². The van der Waals surface area contributed by atoms with Gasteiger partial charge in [0.15, 0.2) is 10.9 Å². The maximum absolute atomic E-state index is 11.2. The number of hydrogen-bond acceptors (Lipinski definition) is 4. The molecular weight excluding hydrogens is 208 g/mol. The van der Waals surface area contributed by atoms with Crippen LogP contribution in [0.1, 0.15) is 43.8 Å². The molecule has 0 aliphatic rings. The van der Waals surface area contributed by atoms with Crippen molar-refractivity contribution in [1.29, 1.82) is 0 Å². The van der Waals surface area contributed by atoms with Crippen LogP contribution in [-0.4, -0.2) is 23.4 Å². The molecule has 1 heterocycles. The van der Waals surface area contributed by atoms with E-state index in [0.717, 1.165) is 23.0 Å². The van der Waals surface area contributed by atoms with Crippen molar-refractivity contribution >= 4 is 22.3 Å². The van der Waals surface area contributed by atoms with Gasteiger partial charge in [0, 0.05) is 19.5 Å². The molecule has 0 aliphatic heterocycles. The first-order valence-corrected chi connectivity index (χ1v) is 6.11. The summed E-state index contributed by atoms with van der Waals surface area (Å²) in [6, 6.07) is 0.427. The first-order chi connectivity index (χ1) is 7.06. The third-order valence-electron chi connectivity index (χ3n) is 2.17. The predicted octanol–water partition coefficient (Wildman–Crippen LogP) is 2.97. The molecule has 0 amide bonds. The molecule has 0 saturated heterocycles. The van der Waals surface area contributed by atoms with Crippen molar-refractivity contribution in [2.75, 3.05) is 11.4 Å². The Hall–Kier alpha value is -0.900. The van der Waals surface area contributed by atoms with E-state index in [0.29, 0.717) is 6.04 Å². The molecule has 1 aromatic heterocycles. The topological polar surface area (TPSA) is 33.2 Å². The summed E-state index contributed by atoms with van der Waals surface area (Å²) in [4.78, 5) is 18.4. The fourth-order valence-corrected chi connectivity index (χ4v) is 2.35. The van der Waals surface area contributed by atoms with Gasteiger partial charge in [0.05, 0.1) is 11.1 Å². The van der Waals surface area contributed by atoms with Gasteiger partial charge in [-0.15, -0.1) is 0 Å². The average molecular weight is 226 g/mol. The molecule has 0 N–H and O–H groups in total. The molecule has 0 aromatic carbocycles. The smallest absolute Gasteiger partial charge is 0.186 e. The summed E-state index contributed by atoms with van der Waals surface area (Å²) >= 11 is 1.48. The predicted molar refractivity (Wildman–Crippen MR) is 64.9 cm³/mol. The third-order valence-corrected chi connectivity index (χ3v) is 3.31. The summed E-state index contributed by atoms with van der Waals surface area (Å²) in [6.07, 6.45) is 2.76. The lowest BCUT2D eigenvalue weighted by atomic mass is 10.3.